The standard InChI is InChI=1S/C8H7NO3S/c10-6-4-7(9-6)13-8(11)5-2-1-3-12-5/h1-3,7H,4H2,(H,9,10)/t7-/m0/s1. The minimum atomic E-state index is -0.144. The smallest absolute Gasteiger partial charge is 0.256 e. The van der Waals surface area contributed by atoms with Gasteiger partial charge >= 0.3 is 0 Å². The Hall–Kier alpha value is -1.23. The third kappa shape index (κ3) is 1.75. The van der Waals surface area contributed by atoms with E-state index in [4.69, 9.17) is 4.42 Å². The molecule has 0 aromatic carbocycles. The molecule has 0 radical (unpaired) electrons. The van der Waals surface area contributed by atoms with E-state index in [0.717, 1.165) is 11.8 Å². The highest BCUT2D eigenvalue weighted by atomic mass is 32.2. The Labute approximate surface area is 78.7 Å². The Morgan fingerprint density at radius 1 is 1.69 bits per heavy atom. The van der Waals surface area contributed by atoms with Gasteiger partial charge in [0, 0.05) is 0 Å². The first kappa shape index (κ1) is 8.37. The average Bonchev–Trinajstić information content (AvgIpc) is 2.53. The lowest BCUT2D eigenvalue weighted by atomic mass is 10.3. The maximum atomic E-state index is 11.3. The quantitative estimate of drug-likeness (QED) is 0.718. The fourth-order valence-corrected chi connectivity index (χ4v) is 1.90. The van der Waals surface area contributed by atoms with E-state index in [9.17, 15) is 9.59 Å². The number of carbonyl (C=O) groups is 2. The summed E-state index contributed by atoms with van der Waals surface area (Å²) >= 11 is 1.08. The molecule has 0 saturated carbocycles. The van der Waals surface area contributed by atoms with Crippen molar-refractivity contribution in [3.05, 3.63) is 24.2 Å². The molecule has 1 aromatic rings. The number of nitrogens with one attached hydrogen (secondary N) is 1. The highest BCUT2D eigenvalue weighted by Gasteiger charge is 2.29. The molecule has 0 bridgehead atoms. The van der Waals surface area contributed by atoms with Gasteiger partial charge in [0.15, 0.2) is 5.76 Å². The maximum Gasteiger partial charge on any atom is 0.256 e. The zero-order valence-corrected chi connectivity index (χ0v) is 7.47. The van der Waals surface area contributed by atoms with E-state index in [-0.39, 0.29) is 16.4 Å². The lowest BCUT2D eigenvalue weighted by molar-refractivity contribution is -0.126. The molecule has 13 heavy (non-hydrogen) atoms. The second-order valence-corrected chi connectivity index (χ2v) is 3.82. The molecule has 1 atom stereocenters. The van der Waals surface area contributed by atoms with Crippen molar-refractivity contribution in [3.8, 4) is 0 Å². The van der Waals surface area contributed by atoms with E-state index >= 15 is 0 Å². The summed E-state index contributed by atoms with van der Waals surface area (Å²) in [5.74, 6) is 0.316. The van der Waals surface area contributed by atoms with Gasteiger partial charge in [-0.3, -0.25) is 9.59 Å². The van der Waals surface area contributed by atoms with Crippen molar-refractivity contribution in [1.29, 1.82) is 0 Å². The molecule has 68 valence electrons. The Morgan fingerprint density at radius 3 is 3.00 bits per heavy atom. The fraction of sp³-hybridized carbons (Fsp3) is 0.250. The third-order valence-corrected chi connectivity index (χ3v) is 2.65. The largest absolute Gasteiger partial charge is 0.460 e. The summed E-state index contributed by atoms with van der Waals surface area (Å²) < 4.78 is 4.91. The maximum absolute atomic E-state index is 11.3. The van der Waals surface area contributed by atoms with Crippen LogP contribution >= 0.6 is 11.8 Å². The summed E-state index contributed by atoms with van der Waals surface area (Å²) in [6, 6.07) is 3.27. The fourth-order valence-electron chi connectivity index (χ4n) is 0.980. The monoisotopic (exact) mass is 197 g/mol. The molecule has 0 spiro atoms. The van der Waals surface area contributed by atoms with E-state index in [2.05, 4.69) is 5.32 Å². The molecule has 0 aliphatic carbocycles. The topological polar surface area (TPSA) is 59.3 Å². The lowest BCUT2D eigenvalue weighted by Crippen LogP contribution is -2.46. The highest BCUT2D eigenvalue weighted by Crippen LogP contribution is 2.23. The van der Waals surface area contributed by atoms with Gasteiger partial charge in [-0.15, -0.1) is 0 Å². The van der Waals surface area contributed by atoms with E-state index in [1.807, 2.05) is 0 Å². The Bertz CT molecular complexity index is 325. The molecule has 0 unspecified atom stereocenters. The molecule has 1 aromatic heterocycles. The molecule has 1 aliphatic heterocycles. The summed E-state index contributed by atoms with van der Waals surface area (Å²) in [4.78, 5) is 21.9. The molecule has 1 amide bonds. The van der Waals surface area contributed by atoms with Gasteiger partial charge in [-0.25, -0.2) is 0 Å². The number of amides is 1. The van der Waals surface area contributed by atoms with Gasteiger partial charge in [-0.1, -0.05) is 11.8 Å². The third-order valence-electron chi connectivity index (χ3n) is 1.66. The van der Waals surface area contributed by atoms with Crippen molar-refractivity contribution in [2.24, 2.45) is 0 Å². The van der Waals surface area contributed by atoms with Crippen LogP contribution in [0.25, 0.3) is 0 Å². The van der Waals surface area contributed by atoms with Gasteiger partial charge in [0.2, 0.25) is 5.91 Å². The van der Waals surface area contributed by atoms with Crippen LogP contribution in [0.15, 0.2) is 22.8 Å². The molecule has 5 heteroatoms. The summed E-state index contributed by atoms with van der Waals surface area (Å²) in [6.45, 7) is 0. The van der Waals surface area contributed by atoms with E-state index in [1.54, 1.807) is 12.1 Å². The van der Waals surface area contributed by atoms with Crippen LogP contribution < -0.4 is 5.32 Å². The molecule has 1 aliphatic rings. The molecule has 1 N–H and O–H groups in total. The Kier molecular flexibility index (Phi) is 2.10. The number of furan rings is 1. The van der Waals surface area contributed by atoms with Gasteiger partial charge in [0.25, 0.3) is 5.12 Å². The van der Waals surface area contributed by atoms with Crippen LogP contribution in [0.1, 0.15) is 17.0 Å². The summed E-state index contributed by atoms with van der Waals surface area (Å²) in [6.07, 6.45) is 1.87. The number of hydrogen-bond acceptors (Lipinski definition) is 4. The van der Waals surface area contributed by atoms with E-state index < -0.39 is 0 Å². The minimum Gasteiger partial charge on any atom is -0.460 e. The lowest BCUT2D eigenvalue weighted by Gasteiger charge is -2.24. The molecule has 1 fully saturated rings. The van der Waals surface area contributed by atoms with Gasteiger partial charge in [0.05, 0.1) is 18.1 Å². The summed E-state index contributed by atoms with van der Waals surface area (Å²) in [5, 5.41) is 2.37. The predicted molar refractivity (Wildman–Crippen MR) is 47.2 cm³/mol. The van der Waals surface area contributed by atoms with E-state index in [1.165, 1.54) is 6.26 Å². The molecule has 2 heterocycles. The van der Waals surface area contributed by atoms with Crippen molar-refractivity contribution in [1.82, 2.24) is 5.32 Å². The van der Waals surface area contributed by atoms with Crippen molar-refractivity contribution in [3.63, 3.8) is 0 Å². The number of thioether (sulfide) groups is 1. The van der Waals surface area contributed by atoms with Crippen molar-refractivity contribution in [2.75, 3.05) is 0 Å². The van der Waals surface area contributed by atoms with Gasteiger partial charge in [-0.2, -0.15) is 0 Å². The predicted octanol–water partition coefficient (Wildman–Crippen LogP) is 0.999. The summed E-state index contributed by atoms with van der Waals surface area (Å²) in [5.41, 5.74) is 0. The molecular formula is C8H7NO3S. The van der Waals surface area contributed by atoms with Crippen LogP contribution in [-0.4, -0.2) is 16.4 Å². The zero-order valence-electron chi connectivity index (χ0n) is 6.65. The normalized spacial score (nSPS) is 20.6. The van der Waals surface area contributed by atoms with Crippen molar-refractivity contribution >= 4 is 22.8 Å². The Balaban J connectivity index is 1.89. The van der Waals surface area contributed by atoms with Gasteiger partial charge < -0.3 is 9.73 Å². The number of rotatable bonds is 2. The Morgan fingerprint density at radius 2 is 2.46 bits per heavy atom. The van der Waals surface area contributed by atoms with Crippen LogP contribution in [0.5, 0.6) is 0 Å². The van der Waals surface area contributed by atoms with Gasteiger partial charge in [-0.05, 0) is 12.1 Å². The average molecular weight is 197 g/mol. The molecular weight excluding hydrogens is 190 g/mol. The first-order valence-corrected chi connectivity index (χ1v) is 4.67. The van der Waals surface area contributed by atoms with Crippen LogP contribution in [0.3, 0.4) is 0 Å². The van der Waals surface area contributed by atoms with Crippen molar-refractivity contribution in [2.45, 2.75) is 11.8 Å². The van der Waals surface area contributed by atoms with Gasteiger partial charge in [0.1, 0.15) is 0 Å². The van der Waals surface area contributed by atoms with Crippen LogP contribution in [0, 0.1) is 0 Å². The minimum absolute atomic E-state index is 0.00950. The number of β-lactam (4-membered cyclic amide) rings is 1. The molecule has 2 rings (SSSR count). The number of carbonyl (C=O) groups excluding carboxylic acids is 2. The number of hydrogen-bond donors (Lipinski definition) is 1. The summed E-state index contributed by atoms with van der Waals surface area (Å²) in [7, 11) is 0. The second kappa shape index (κ2) is 3.26. The first-order chi connectivity index (χ1) is 6.25. The second-order valence-electron chi connectivity index (χ2n) is 2.64. The SMILES string of the molecule is O=C1C[C@H](SC(=O)c2ccco2)N1. The molecule has 4 nitrogen and oxygen atoms in total. The van der Waals surface area contributed by atoms with Crippen LogP contribution in [0.4, 0.5) is 0 Å². The highest BCUT2D eigenvalue weighted by molar-refractivity contribution is 8.14. The van der Waals surface area contributed by atoms with E-state index in [0.29, 0.717) is 12.2 Å². The first-order valence-electron chi connectivity index (χ1n) is 3.79. The van der Waals surface area contributed by atoms with Crippen LogP contribution in [0.2, 0.25) is 0 Å². The van der Waals surface area contributed by atoms with Crippen molar-refractivity contribution < 1.29 is 14.0 Å². The van der Waals surface area contributed by atoms with Crippen LogP contribution in [-0.2, 0) is 4.79 Å². The zero-order chi connectivity index (χ0) is 9.26. The molecule has 1 saturated heterocycles.